The Labute approximate surface area is 136 Å². The zero-order valence-electron chi connectivity index (χ0n) is 13.5. The molecule has 2 rings (SSSR count). The van der Waals surface area contributed by atoms with Gasteiger partial charge in [-0.25, -0.2) is 0 Å². The molecule has 0 saturated carbocycles. The average Bonchev–Trinajstić information content (AvgIpc) is 2.43. The van der Waals surface area contributed by atoms with Gasteiger partial charge in [0, 0.05) is 6.92 Å². The maximum Gasteiger partial charge on any atom is 0.303 e. The lowest BCUT2D eigenvalue weighted by Gasteiger charge is -2.31. The third kappa shape index (κ3) is 3.76. The van der Waals surface area contributed by atoms with Crippen molar-refractivity contribution in [1.29, 1.82) is 0 Å². The Morgan fingerprint density at radius 1 is 1.17 bits per heavy atom. The molecule has 0 spiro atoms. The molecule has 23 heavy (non-hydrogen) atoms. The summed E-state index contributed by atoms with van der Waals surface area (Å²) < 4.78 is 34.4. The van der Waals surface area contributed by atoms with Crippen LogP contribution in [0.25, 0.3) is 0 Å². The number of sulfonamides is 1. The Bertz CT molecular complexity index is 819. The van der Waals surface area contributed by atoms with Crippen molar-refractivity contribution in [3.8, 4) is 0 Å². The van der Waals surface area contributed by atoms with Crippen LogP contribution in [0.3, 0.4) is 0 Å². The molecule has 1 unspecified atom stereocenters. The Kier molecular flexibility index (Phi) is 4.56. The summed E-state index contributed by atoms with van der Waals surface area (Å²) in [6.07, 6.45) is 3.51. The first-order chi connectivity index (χ1) is 10.6. The summed E-state index contributed by atoms with van der Waals surface area (Å²) >= 11 is 0. The Morgan fingerprint density at radius 2 is 1.78 bits per heavy atom. The van der Waals surface area contributed by atoms with E-state index < -0.39 is 21.6 Å². The van der Waals surface area contributed by atoms with E-state index in [1.807, 2.05) is 13.0 Å². The van der Waals surface area contributed by atoms with Gasteiger partial charge in [0.25, 0.3) is 10.0 Å². The van der Waals surface area contributed by atoms with Crippen LogP contribution in [-0.2, 0) is 19.6 Å². The highest BCUT2D eigenvalue weighted by molar-refractivity contribution is 7.90. The molecule has 1 aromatic rings. The van der Waals surface area contributed by atoms with E-state index in [0.29, 0.717) is 5.57 Å². The van der Waals surface area contributed by atoms with Gasteiger partial charge in [-0.05, 0) is 44.6 Å². The number of hydrogen-bond donors (Lipinski definition) is 0. The Morgan fingerprint density at radius 3 is 2.35 bits per heavy atom. The van der Waals surface area contributed by atoms with Crippen LogP contribution in [0.15, 0.2) is 62.9 Å². The first kappa shape index (κ1) is 17.1. The zero-order chi connectivity index (χ0) is 17.3. The number of esters is 1. The molecule has 1 atom stereocenters. The molecule has 0 saturated heterocycles. The molecule has 1 aromatic carbocycles. The van der Waals surface area contributed by atoms with E-state index in [-0.39, 0.29) is 10.6 Å². The van der Waals surface area contributed by atoms with Crippen molar-refractivity contribution in [3.05, 3.63) is 53.6 Å². The van der Waals surface area contributed by atoms with E-state index >= 15 is 0 Å². The van der Waals surface area contributed by atoms with Crippen LogP contribution in [0, 0.1) is 0 Å². The second-order valence-corrected chi connectivity index (χ2v) is 7.25. The van der Waals surface area contributed by atoms with Gasteiger partial charge in [-0.3, -0.25) is 4.79 Å². The van der Waals surface area contributed by atoms with Crippen molar-refractivity contribution >= 4 is 21.7 Å². The van der Waals surface area contributed by atoms with Crippen molar-refractivity contribution in [2.45, 2.75) is 38.2 Å². The molecule has 0 bridgehead atoms. The van der Waals surface area contributed by atoms with E-state index in [0.717, 1.165) is 5.57 Å². The molecule has 0 radical (unpaired) electrons. The van der Waals surface area contributed by atoms with Crippen molar-refractivity contribution in [2.75, 3.05) is 0 Å². The van der Waals surface area contributed by atoms with Gasteiger partial charge in [0.2, 0.25) is 0 Å². The minimum atomic E-state index is -3.89. The number of rotatable bonds is 3. The highest BCUT2D eigenvalue weighted by atomic mass is 32.2. The summed E-state index contributed by atoms with van der Waals surface area (Å²) in [5.74, 6) is -0.504. The molecule has 0 heterocycles. The predicted molar refractivity (Wildman–Crippen MR) is 88.7 cm³/mol. The lowest BCUT2D eigenvalue weighted by molar-refractivity contribution is -0.146. The second-order valence-electron chi connectivity index (χ2n) is 5.64. The SMILES string of the molecule is CC(=O)OC1(C)C=C(C)C=C(C)/C1=N/S(=O)(=O)c1ccccc1. The molecular weight excluding hydrogens is 314 g/mol. The van der Waals surface area contributed by atoms with Crippen LogP contribution in [0.4, 0.5) is 0 Å². The highest BCUT2D eigenvalue weighted by Crippen LogP contribution is 2.29. The first-order valence-electron chi connectivity index (χ1n) is 7.12. The van der Waals surface area contributed by atoms with E-state index in [2.05, 4.69) is 4.40 Å². The maximum atomic E-state index is 12.5. The minimum Gasteiger partial charge on any atom is -0.449 e. The predicted octanol–water partition coefficient (Wildman–Crippen LogP) is 3.04. The summed E-state index contributed by atoms with van der Waals surface area (Å²) in [7, 11) is -3.89. The van der Waals surface area contributed by atoms with E-state index in [1.54, 1.807) is 38.1 Å². The quantitative estimate of drug-likeness (QED) is 0.797. The van der Waals surface area contributed by atoms with Crippen LogP contribution >= 0.6 is 0 Å². The molecular formula is C17H19NO4S. The van der Waals surface area contributed by atoms with Crippen molar-refractivity contribution in [1.82, 2.24) is 0 Å². The first-order valence-corrected chi connectivity index (χ1v) is 8.56. The van der Waals surface area contributed by atoms with Crippen LogP contribution in [0.2, 0.25) is 0 Å². The highest BCUT2D eigenvalue weighted by Gasteiger charge is 2.37. The smallest absolute Gasteiger partial charge is 0.303 e. The molecule has 0 fully saturated rings. The van der Waals surface area contributed by atoms with E-state index in [9.17, 15) is 13.2 Å². The topological polar surface area (TPSA) is 72.8 Å². The number of carbonyl (C=O) groups excluding carboxylic acids is 1. The van der Waals surface area contributed by atoms with Gasteiger partial charge in [-0.2, -0.15) is 12.8 Å². The fourth-order valence-electron chi connectivity index (χ4n) is 2.65. The molecule has 0 aromatic heterocycles. The lowest BCUT2D eigenvalue weighted by Crippen LogP contribution is -2.41. The normalized spacial score (nSPS) is 23.2. The summed E-state index contributed by atoms with van der Waals surface area (Å²) in [4.78, 5) is 11.5. The monoisotopic (exact) mass is 333 g/mol. The van der Waals surface area contributed by atoms with Gasteiger partial charge >= 0.3 is 5.97 Å². The average molecular weight is 333 g/mol. The Hall–Kier alpha value is -2.21. The third-order valence-electron chi connectivity index (χ3n) is 3.40. The molecule has 6 heteroatoms. The van der Waals surface area contributed by atoms with E-state index in [1.165, 1.54) is 19.1 Å². The van der Waals surface area contributed by atoms with Gasteiger partial charge in [0.05, 0.1) is 4.90 Å². The standard InChI is InChI=1S/C17H19NO4S/c1-12-10-13(2)16(17(4,11-12)22-14(3)19)18-23(20,21)15-8-6-5-7-9-15/h5-11H,1-4H3/b18-16-. The third-order valence-corrected chi connectivity index (χ3v) is 4.69. The molecule has 1 aliphatic carbocycles. The number of allylic oxidation sites excluding steroid dienone is 2. The van der Waals surface area contributed by atoms with Crippen LogP contribution in [0.1, 0.15) is 27.7 Å². The van der Waals surface area contributed by atoms with Gasteiger partial charge in [0.15, 0.2) is 5.60 Å². The van der Waals surface area contributed by atoms with Gasteiger partial charge < -0.3 is 4.74 Å². The summed E-state index contributed by atoms with van der Waals surface area (Å²) in [6.45, 7) is 6.52. The van der Waals surface area contributed by atoms with Crippen molar-refractivity contribution in [3.63, 3.8) is 0 Å². The Balaban J connectivity index is 2.58. The number of nitrogens with zero attached hydrogens (tertiary/aromatic N) is 1. The molecule has 1 aliphatic rings. The van der Waals surface area contributed by atoms with Crippen LogP contribution < -0.4 is 0 Å². The van der Waals surface area contributed by atoms with Crippen molar-refractivity contribution < 1.29 is 17.9 Å². The number of ether oxygens (including phenoxy) is 1. The molecule has 5 nitrogen and oxygen atoms in total. The molecule has 0 N–H and O–H groups in total. The number of hydrogen-bond acceptors (Lipinski definition) is 4. The van der Waals surface area contributed by atoms with Gasteiger partial charge in [-0.1, -0.05) is 29.8 Å². The largest absolute Gasteiger partial charge is 0.449 e. The van der Waals surface area contributed by atoms with Crippen LogP contribution in [-0.4, -0.2) is 25.7 Å². The van der Waals surface area contributed by atoms with Gasteiger partial charge in [-0.15, -0.1) is 0 Å². The summed E-state index contributed by atoms with van der Waals surface area (Å²) in [5.41, 5.74) is 0.522. The lowest BCUT2D eigenvalue weighted by atomic mass is 9.86. The van der Waals surface area contributed by atoms with Crippen molar-refractivity contribution in [2.24, 2.45) is 4.40 Å². The van der Waals surface area contributed by atoms with Gasteiger partial charge in [0.1, 0.15) is 5.71 Å². The van der Waals surface area contributed by atoms with E-state index in [4.69, 9.17) is 4.74 Å². The fourth-order valence-corrected chi connectivity index (χ4v) is 3.82. The minimum absolute atomic E-state index is 0.0942. The number of benzene rings is 1. The van der Waals surface area contributed by atoms with Crippen LogP contribution in [0.5, 0.6) is 0 Å². The molecule has 122 valence electrons. The molecule has 0 aliphatic heterocycles. The fraction of sp³-hybridized carbons (Fsp3) is 0.294. The summed E-state index contributed by atoms with van der Waals surface area (Å²) in [6, 6.07) is 7.95. The second kappa shape index (κ2) is 6.12. The molecule has 0 amide bonds. The number of carbonyl (C=O) groups is 1. The maximum absolute atomic E-state index is 12.5. The summed E-state index contributed by atoms with van der Waals surface area (Å²) in [5, 5.41) is 0. The zero-order valence-corrected chi connectivity index (χ0v) is 14.3.